The lowest BCUT2D eigenvalue weighted by atomic mass is 9.94. The van der Waals surface area contributed by atoms with Crippen molar-refractivity contribution in [2.75, 3.05) is 39.3 Å². The number of hydrogen-bond acceptors (Lipinski definition) is 4. The summed E-state index contributed by atoms with van der Waals surface area (Å²) in [6.45, 7) is 13.2. The van der Waals surface area contributed by atoms with E-state index in [-0.39, 0.29) is 17.7 Å². The van der Waals surface area contributed by atoms with Crippen molar-refractivity contribution in [3.8, 4) is 0 Å². The van der Waals surface area contributed by atoms with Gasteiger partial charge in [-0.25, -0.2) is 0 Å². The SMILES string of the molecule is CCC(C)N1CCC(C(=O)N2CCN(C(=O)c3ccc(C(C)C)cn3)CC2)CC1. The Labute approximate surface area is 175 Å². The summed E-state index contributed by atoms with van der Waals surface area (Å²) in [5.41, 5.74) is 1.63. The van der Waals surface area contributed by atoms with E-state index in [1.165, 1.54) is 0 Å². The molecule has 1 aromatic heterocycles. The normalized spacial score (nSPS) is 20.2. The van der Waals surface area contributed by atoms with E-state index in [0.29, 0.717) is 43.8 Å². The summed E-state index contributed by atoms with van der Waals surface area (Å²) in [7, 11) is 0. The molecular formula is C23H36N4O2. The highest BCUT2D eigenvalue weighted by atomic mass is 16.2. The summed E-state index contributed by atoms with van der Waals surface area (Å²) >= 11 is 0. The number of nitrogens with zero attached hydrogens (tertiary/aromatic N) is 4. The van der Waals surface area contributed by atoms with E-state index in [1.807, 2.05) is 21.9 Å². The topological polar surface area (TPSA) is 56.8 Å². The number of aromatic nitrogens is 1. The maximum absolute atomic E-state index is 12.9. The highest BCUT2D eigenvalue weighted by molar-refractivity contribution is 5.92. The van der Waals surface area contributed by atoms with Crippen LogP contribution in [-0.2, 0) is 4.79 Å². The molecule has 0 radical (unpaired) electrons. The minimum atomic E-state index is -0.0331. The summed E-state index contributed by atoms with van der Waals surface area (Å²) in [6, 6.07) is 4.40. The van der Waals surface area contributed by atoms with Gasteiger partial charge in [0.1, 0.15) is 5.69 Å². The number of hydrogen-bond donors (Lipinski definition) is 0. The average molecular weight is 401 g/mol. The van der Waals surface area contributed by atoms with Crippen LogP contribution in [0.15, 0.2) is 18.3 Å². The zero-order valence-electron chi connectivity index (χ0n) is 18.4. The van der Waals surface area contributed by atoms with Gasteiger partial charge < -0.3 is 14.7 Å². The van der Waals surface area contributed by atoms with E-state index in [2.05, 4.69) is 37.6 Å². The van der Waals surface area contributed by atoms with Gasteiger partial charge >= 0.3 is 0 Å². The van der Waals surface area contributed by atoms with Crippen molar-refractivity contribution in [2.24, 2.45) is 5.92 Å². The number of rotatable bonds is 5. The van der Waals surface area contributed by atoms with E-state index in [1.54, 1.807) is 6.20 Å². The summed E-state index contributed by atoms with van der Waals surface area (Å²) in [4.78, 5) is 36.3. The number of amides is 2. The Morgan fingerprint density at radius 3 is 2.14 bits per heavy atom. The fourth-order valence-corrected chi connectivity index (χ4v) is 4.27. The quantitative estimate of drug-likeness (QED) is 0.762. The van der Waals surface area contributed by atoms with Gasteiger partial charge in [0.25, 0.3) is 5.91 Å². The standard InChI is InChI=1S/C23H36N4O2/c1-5-18(4)25-10-8-19(9-11-25)22(28)26-12-14-27(15-13-26)23(29)21-7-6-20(16-24-21)17(2)3/h6-7,16-19H,5,8-15H2,1-4H3. The van der Waals surface area contributed by atoms with Crippen molar-refractivity contribution < 1.29 is 9.59 Å². The zero-order chi connectivity index (χ0) is 21.0. The molecule has 1 aromatic rings. The third-order valence-electron chi connectivity index (χ3n) is 6.64. The molecule has 0 saturated carbocycles. The molecule has 2 fully saturated rings. The first-order valence-electron chi connectivity index (χ1n) is 11.2. The van der Waals surface area contributed by atoms with Crippen molar-refractivity contribution in [3.05, 3.63) is 29.6 Å². The average Bonchev–Trinajstić information content (AvgIpc) is 2.77. The molecule has 0 spiro atoms. The van der Waals surface area contributed by atoms with E-state index >= 15 is 0 Å². The third kappa shape index (κ3) is 5.16. The maximum atomic E-state index is 12.9. The lowest BCUT2D eigenvalue weighted by molar-refractivity contribution is -0.138. The van der Waals surface area contributed by atoms with Crippen molar-refractivity contribution in [3.63, 3.8) is 0 Å². The minimum absolute atomic E-state index is 0.0331. The first-order chi connectivity index (χ1) is 13.9. The Hall–Kier alpha value is -1.95. The van der Waals surface area contributed by atoms with Crippen LogP contribution in [0.1, 0.15) is 68.9 Å². The number of piperazine rings is 1. The van der Waals surface area contributed by atoms with Crippen LogP contribution >= 0.6 is 0 Å². The molecule has 0 bridgehead atoms. The molecule has 1 unspecified atom stereocenters. The highest BCUT2D eigenvalue weighted by Crippen LogP contribution is 2.23. The molecule has 1 atom stereocenters. The molecule has 160 valence electrons. The molecule has 0 aromatic carbocycles. The van der Waals surface area contributed by atoms with Crippen molar-refractivity contribution >= 4 is 11.8 Å². The van der Waals surface area contributed by atoms with Gasteiger partial charge in [-0.1, -0.05) is 26.8 Å². The largest absolute Gasteiger partial charge is 0.339 e. The smallest absolute Gasteiger partial charge is 0.272 e. The molecule has 6 nitrogen and oxygen atoms in total. The number of piperidine rings is 1. The second-order valence-electron chi connectivity index (χ2n) is 8.82. The third-order valence-corrected chi connectivity index (χ3v) is 6.64. The first-order valence-corrected chi connectivity index (χ1v) is 11.2. The first kappa shape index (κ1) is 21.8. The molecule has 29 heavy (non-hydrogen) atoms. The van der Waals surface area contributed by atoms with E-state index in [9.17, 15) is 9.59 Å². The lowest BCUT2D eigenvalue weighted by Crippen LogP contribution is -2.53. The molecule has 2 saturated heterocycles. The Bertz CT molecular complexity index is 687. The fourth-order valence-electron chi connectivity index (χ4n) is 4.27. The molecule has 6 heteroatoms. The van der Waals surface area contributed by atoms with Gasteiger partial charge in [-0.2, -0.15) is 0 Å². The minimum Gasteiger partial charge on any atom is -0.339 e. The van der Waals surface area contributed by atoms with Gasteiger partial charge in [-0.3, -0.25) is 14.6 Å². The Balaban J connectivity index is 1.48. The Morgan fingerprint density at radius 2 is 1.62 bits per heavy atom. The van der Waals surface area contributed by atoms with Gasteiger partial charge in [-0.05, 0) is 56.8 Å². The molecule has 2 aliphatic rings. The van der Waals surface area contributed by atoms with Crippen molar-refractivity contribution in [2.45, 2.75) is 58.9 Å². The second kappa shape index (κ2) is 9.70. The predicted octanol–water partition coefficient (Wildman–Crippen LogP) is 3.00. The lowest BCUT2D eigenvalue weighted by Gasteiger charge is -2.39. The fraction of sp³-hybridized carbons (Fsp3) is 0.696. The summed E-state index contributed by atoms with van der Waals surface area (Å²) < 4.78 is 0. The second-order valence-corrected chi connectivity index (χ2v) is 8.82. The highest BCUT2D eigenvalue weighted by Gasteiger charge is 2.32. The number of carbonyl (C=O) groups is 2. The molecule has 0 aliphatic carbocycles. The van der Waals surface area contributed by atoms with Crippen LogP contribution in [0.2, 0.25) is 0 Å². The van der Waals surface area contributed by atoms with Crippen LogP contribution < -0.4 is 0 Å². The summed E-state index contributed by atoms with van der Waals surface area (Å²) in [6.07, 6.45) is 4.86. The maximum Gasteiger partial charge on any atom is 0.272 e. The molecule has 2 aliphatic heterocycles. The van der Waals surface area contributed by atoms with Gasteiger partial charge in [0.05, 0.1) is 0 Å². The van der Waals surface area contributed by atoms with Crippen LogP contribution in [0, 0.1) is 5.92 Å². The summed E-state index contributed by atoms with van der Waals surface area (Å²) in [5.74, 6) is 0.788. The van der Waals surface area contributed by atoms with Gasteiger partial charge in [0.15, 0.2) is 0 Å². The monoisotopic (exact) mass is 400 g/mol. The van der Waals surface area contributed by atoms with Gasteiger partial charge in [0, 0.05) is 44.3 Å². The van der Waals surface area contributed by atoms with Gasteiger partial charge in [-0.15, -0.1) is 0 Å². The van der Waals surface area contributed by atoms with Gasteiger partial charge in [0.2, 0.25) is 5.91 Å². The molecule has 0 N–H and O–H groups in total. The van der Waals surface area contributed by atoms with Crippen LogP contribution in [0.5, 0.6) is 0 Å². The number of carbonyl (C=O) groups excluding carboxylic acids is 2. The molecule has 3 heterocycles. The van der Waals surface area contributed by atoms with Crippen molar-refractivity contribution in [1.82, 2.24) is 19.7 Å². The van der Waals surface area contributed by atoms with E-state index < -0.39 is 0 Å². The van der Waals surface area contributed by atoms with Crippen LogP contribution in [0.25, 0.3) is 0 Å². The van der Waals surface area contributed by atoms with E-state index in [0.717, 1.165) is 37.9 Å². The number of pyridine rings is 1. The van der Waals surface area contributed by atoms with Crippen molar-refractivity contribution in [1.29, 1.82) is 0 Å². The Morgan fingerprint density at radius 1 is 1.00 bits per heavy atom. The number of likely N-dealkylation sites (tertiary alicyclic amines) is 1. The molecule has 2 amide bonds. The Kier molecular flexibility index (Phi) is 7.28. The molecular weight excluding hydrogens is 364 g/mol. The summed E-state index contributed by atoms with van der Waals surface area (Å²) in [5, 5.41) is 0. The van der Waals surface area contributed by atoms with E-state index in [4.69, 9.17) is 0 Å². The van der Waals surface area contributed by atoms with Crippen LogP contribution in [-0.4, -0.2) is 76.8 Å². The predicted molar refractivity (Wildman–Crippen MR) is 115 cm³/mol. The zero-order valence-corrected chi connectivity index (χ0v) is 18.4. The molecule has 3 rings (SSSR count). The van der Waals surface area contributed by atoms with Crippen LogP contribution in [0.3, 0.4) is 0 Å². The van der Waals surface area contributed by atoms with Crippen LogP contribution in [0.4, 0.5) is 0 Å².